The molecule has 1 unspecified atom stereocenters. The van der Waals surface area contributed by atoms with Crippen LogP contribution in [0.15, 0.2) is 102 Å². The summed E-state index contributed by atoms with van der Waals surface area (Å²) < 4.78 is 21.5. The molecule has 12 heteroatoms. The first kappa shape index (κ1) is 33.6. The van der Waals surface area contributed by atoms with Crippen LogP contribution in [0.5, 0.6) is 23.0 Å². The van der Waals surface area contributed by atoms with E-state index < -0.39 is 17.1 Å². The van der Waals surface area contributed by atoms with E-state index in [1.807, 2.05) is 0 Å². The summed E-state index contributed by atoms with van der Waals surface area (Å²) in [6.07, 6.45) is 1.54. The van der Waals surface area contributed by atoms with Crippen LogP contribution < -0.4 is 34.5 Å². The van der Waals surface area contributed by atoms with Gasteiger partial charge >= 0.3 is 0 Å². The van der Waals surface area contributed by atoms with Crippen molar-refractivity contribution in [3.63, 3.8) is 0 Å². The summed E-state index contributed by atoms with van der Waals surface area (Å²) in [5, 5.41) is 4.93. The molecule has 246 valence electrons. The molecule has 4 aromatic rings. The Hall–Kier alpha value is -5.75. The molecule has 1 fully saturated rings. The number of methoxy groups -OCH3 is 4. The molecule has 5 rings (SSSR count). The molecule has 4 amide bonds. The summed E-state index contributed by atoms with van der Waals surface area (Å²) >= 11 is 1.27. The number of benzene rings is 4. The number of nitrogens with zero attached hydrogens (tertiary/aromatic N) is 1. The molecule has 0 aromatic heterocycles. The lowest BCUT2D eigenvalue weighted by molar-refractivity contribution is -0.121. The normalized spacial score (nSPS) is 14.4. The fraction of sp³-hybridized carbons (Fsp3) is 0.167. The average molecular weight is 668 g/mol. The number of imide groups is 1. The lowest BCUT2D eigenvalue weighted by Gasteiger charge is -2.16. The Morgan fingerprint density at radius 1 is 0.792 bits per heavy atom. The second kappa shape index (κ2) is 15.2. The zero-order chi connectivity index (χ0) is 34.2. The molecule has 0 bridgehead atoms. The largest absolute Gasteiger partial charge is 0.497 e. The summed E-state index contributed by atoms with van der Waals surface area (Å²) in [4.78, 5) is 54.6. The van der Waals surface area contributed by atoms with Crippen LogP contribution >= 0.6 is 11.8 Å². The molecule has 2 N–H and O–H groups in total. The second-order valence-corrected chi connectivity index (χ2v) is 11.7. The molecular weight excluding hydrogens is 634 g/mol. The Morgan fingerprint density at radius 3 is 2.06 bits per heavy atom. The summed E-state index contributed by atoms with van der Waals surface area (Å²) in [7, 11) is 6.01. The highest BCUT2D eigenvalue weighted by Crippen LogP contribution is 2.37. The predicted octanol–water partition coefficient (Wildman–Crippen LogP) is 5.55. The van der Waals surface area contributed by atoms with Crippen LogP contribution in [0.25, 0.3) is 6.08 Å². The SMILES string of the molecule is COc1ccc(N2C(=O)CC(Sc3ccc(NC(=O)/C(=C/c4cc(OC)c(OC)cc4OC)NC(=O)c4ccccc4)cc3)C2=O)cc1. The van der Waals surface area contributed by atoms with Gasteiger partial charge in [0, 0.05) is 34.2 Å². The number of anilines is 2. The maximum atomic E-state index is 13.6. The second-order valence-electron chi connectivity index (χ2n) is 10.4. The molecule has 1 aliphatic rings. The summed E-state index contributed by atoms with van der Waals surface area (Å²) in [6, 6.07) is 25.3. The maximum absolute atomic E-state index is 13.6. The molecular formula is C36H33N3O8S. The number of rotatable bonds is 12. The highest BCUT2D eigenvalue weighted by molar-refractivity contribution is 8.00. The lowest BCUT2D eigenvalue weighted by atomic mass is 10.1. The third-order valence-electron chi connectivity index (χ3n) is 7.39. The van der Waals surface area contributed by atoms with E-state index in [0.29, 0.717) is 45.5 Å². The van der Waals surface area contributed by atoms with Crippen LogP contribution in [0.2, 0.25) is 0 Å². The highest BCUT2D eigenvalue weighted by atomic mass is 32.2. The van der Waals surface area contributed by atoms with Gasteiger partial charge in [0.15, 0.2) is 11.5 Å². The minimum Gasteiger partial charge on any atom is -0.497 e. The first-order chi connectivity index (χ1) is 23.2. The highest BCUT2D eigenvalue weighted by Gasteiger charge is 2.40. The Bertz CT molecular complexity index is 1840. The van der Waals surface area contributed by atoms with Crippen molar-refractivity contribution >= 4 is 52.8 Å². The van der Waals surface area contributed by atoms with Crippen molar-refractivity contribution in [1.29, 1.82) is 0 Å². The Labute approximate surface area is 281 Å². The summed E-state index contributed by atoms with van der Waals surface area (Å²) in [5.41, 5.74) is 1.70. The Morgan fingerprint density at radius 2 is 1.44 bits per heavy atom. The van der Waals surface area contributed by atoms with Crippen LogP contribution in [0.4, 0.5) is 11.4 Å². The Kier molecular flexibility index (Phi) is 10.7. The number of nitrogens with one attached hydrogen (secondary N) is 2. The average Bonchev–Trinajstić information content (AvgIpc) is 3.40. The van der Waals surface area contributed by atoms with E-state index in [2.05, 4.69) is 10.6 Å². The van der Waals surface area contributed by atoms with E-state index in [1.165, 1.54) is 44.1 Å². The van der Waals surface area contributed by atoms with Gasteiger partial charge in [0.2, 0.25) is 11.8 Å². The van der Waals surface area contributed by atoms with E-state index in [0.717, 1.165) is 4.90 Å². The maximum Gasteiger partial charge on any atom is 0.272 e. The summed E-state index contributed by atoms with van der Waals surface area (Å²) in [5.74, 6) is 0.182. The number of carbonyl (C=O) groups is 4. The molecule has 1 atom stereocenters. The van der Waals surface area contributed by atoms with Gasteiger partial charge in [-0.1, -0.05) is 18.2 Å². The minimum absolute atomic E-state index is 0.0542. The van der Waals surface area contributed by atoms with Gasteiger partial charge in [-0.3, -0.25) is 19.2 Å². The lowest BCUT2D eigenvalue weighted by Crippen LogP contribution is -2.31. The third kappa shape index (κ3) is 7.61. The monoisotopic (exact) mass is 667 g/mol. The first-order valence-corrected chi connectivity index (χ1v) is 15.6. The number of hydrogen-bond acceptors (Lipinski definition) is 9. The van der Waals surface area contributed by atoms with Gasteiger partial charge in [-0.2, -0.15) is 0 Å². The Balaban J connectivity index is 1.34. The fourth-order valence-electron chi connectivity index (χ4n) is 4.94. The quantitative estimate of drug-likeness (QED) is 0.147. The molecule has 4 aromatic carbocycles. The minimum atomic E-state index is -0.598. The van der Waals surface area contributed by atoms with Gasteiger partial charge in [0.05, 0.1) is 39.4 Å². The van der Waals surface area contributed by atoms with E-state index >= 15 is 0 Å². The van der Waals surface area contributed by atoms with Gasteiger partial charge in [0.1, 0.15) is 17.2 Å². The van der Waals surface area contributed by atoms with Crippen molar-refractivity contribution in [3.8, 4) is 23.0 Å². The standard InChI is InChI=1S/C36H33N3O8S/c1-44-26-14-12-25(13-15-26)39-33(40)21-32(36(39)43)48-27-16-10-24(11-17-27)37-35(42)28(38-34(41)22-8-6-5-7-9-22)18-23-19-30(46-3)31(47-4)20-29(23)45-2/h5-20,32H,21H2,1-4H3,(H,37,42)(H,38,41)/b28-18-. The fourth-order valence-corrected chi connectivity index (χ4v) is 6.00. The molecule has 1 aliphatic heterocycles. The molecule has 0 saturated carbocycles. The van der Waals surface area contributed by atoms with Crippen molar-refractivity contribution in [2.75, 3.05) is 38.7 Å². The molecule has 1 heterocycles. The number of carbonyl (C=O) groups excluding carboxylic acids is 4. The zero-order valence-electron chi connectivity index (χ0n) is 26.6. The van der Waals surface area contributed by atoms with Crippen LogP contribution in [-0.4, -0.2) is 57.3 Å². The molecule has 48 heavy (non-hydrogen) atoms. The van der Waals surface area contributed by atoms with Gasteiger partial charge in [-0.25, -0.2) is 4.90 Å². The van der Waals surface area contributed by atoms with Crippen molar-refractivity contribution in [3.05, 3.63) is 108 Å². The van der Waals surface area contributed by atoms with Crippen molar-refractivity contribution in [2.45, 2.75) is 16.6 Å². The van der Waals surface area contributed by atoms with Crippen LogP contribution in [0.3, 0.4) is 0 Å². The number of thioether (sulfide) groups is 1. The number of ether oxygens (including phenoxy) is 4. The molecule has 0 aliphatic carbocycles. The van der Waals surface area contributed by atoms with E-state index in [9.17, 15) is 19.2 Å². The number of amides is 4. The van der Waals surface area contributed by atoms with Gasteiger partial charge < -0.3 is 29.6 Å². The predicted molar refractivity (Wildman–Crippen MR) is 183 cm³/mol. The van der Waals surface area contributed by atoms with Crippen LogP contribution in [0, 0.1) is 0 Å². The van der Waals surface area contributed by atoms with Crippen LogP contribution in [-0.2, 0) is 14.4 Å². The van der Waals surface area contributed by atoms with E-state index in [4.69, 9.17) is 18.9 Å². The number of hydrogen-bond donors (Lipinski definition) is 2. The summed E-state index contributed by atoms with van der Waals surface area (Å²) in [6.45, 7) is 0. The molecule has 0 spiro atoms. The van der Waals surface area contributed by atoms with Crippen molar-refractivity contribution < 1.29 is 38.1 Å². The van der Waals surface area contributed by atoms with Gasteiger partial charge in [-0.15, -0.1) is 11.8 Å². The molecule has 11 nitrogen and oxygen atoms in total. The smallest absolute Gasteiger partial charge is 0.272 e. The topological polar surface area (TPSA) is 132 Å². The zero-order valence-corrected chi connectivity index (χ0v) is 27.5. The van der Waals surface area contributed by atoms with Crippen LogP contribution in [0.1, 0.15) is 22.3 Å². The van der Waals surface area contributed by atoms with Crippen molar-refractivity contribution in [2.24, 2.45) is 0 Å². The van der Waals surface area contributed by atoms with Gasteiger partial charge in [-0.05, 0) is 72.8 Å². The van der Waals surface area contributed by atoms with E-state index in [1.54, 1.807) is 98.1 Å². The van der Waals surface area contributed by atoms with Crippen molar-refractivity contribution in [1.82, 2.24) is 5.32 Å². The molecule has 1 saturated heterocycles. The van der Waals surface area contributed by atoms with E-state index in [-0.39, 0.29) is 23.9 Å². The van der Waals surface area contributed by atoms with Gasteiger partial charge in [0.25, 0.3) is 11.8 Å². The first-order valence-electron chi connectivity index (χ1n) is 14.7. The third-order valence-corrected chi connectivity index (χ3v) is 8.59. The molecule has 0 radical (unpaired) electrons.